The van der Waals surface area contributed by atoms with E-state index in [2.05, 4.69) is 33.4 Å². The zero-order valence-corrected chi connectivity index (χ0v) is 16.1. The molecule has 7 heteroatoms. The summed E-state index contributed by atoms with van der Waals surface area (Å²) in [6.45, 7) is 3.12. The number of anilines is 2. The lowest BCUT2D eigenvalue weighted by Crippen LogP contribution is -2.39. The van der Waals surface area contributed by atoms with E-state index in [1.54, 1.807) is 17.2 Å². The second kappa shape index (κ2) is 7.08. The van der Waals surface area contributed by atoms with Gasteiger partial charge in [-0.25, -0.2) is 9.18 Å². The normalized spacial score (nSPS) is 18.9. The third-order valence-corrected chi connectivity index (χ3v) is 5.96. The SMILES string of the molecule is NC1CCN(c2ccc3c(c2)CCN(C(=O)Nc2c[nH]c4ccc(F)cc24)C3)C1. The monoisotopic (exact) mass is 393 g/mol. The summed E-state index contributed by atoms with van der Waals surface area (Å²) in [6.07, 6.45) is 3.55. The molecule has 0 aliphatic carbocycles. The minimum absolute atomic E-state index is 0.171. The fraction of sp³-hybridized carbons (Fsp3) is 0.318. The van der Waals surface area contributed by atoms with E-state index < -0.39 is 0 Å². The van der Waals surface area contributed by atoms with Crippen molar-refractivity contribution >= 4 is 28.3 Å². The van der Waals surface area contributed by atoms with Crippen LogP contribution in [0.5, 0.6) is 0 Å². The maximum atomic E-state index is 13.6. The fourth-order valence-electron chi connectivity index (χ4n) is 4.32. The van der Waals surface area contributed by atoms with Gasteiger partial charge in [-0.05, 0) is 54.3 Å². The molecule has 0 spiro atoms. The standard InChI is InChI=1S/C22H24FN5O/c23-16-2-4-20-19(10-16)21(11-25-20)26-22(29)28-7-5-14-9-18(3-1-15(14)12-28)27-8-6-17(24)13-27/h1-4,9-11,17,25H,5-8,12-13,24H2,(H,26,29). The Hall–Kier alpha value is -3.06. The lowest BCUT2D eigenvalue weighted by molar-refractivity contribution is 0.206. The van der Waals surface area contributed by atoms with Crippen molar-refractivity contribution in [1.82, 2.24) is 9.88 Å². The Morgan fingerprint density at radius 2 is 2.07 bits per heavy atom. The predicted molar refractivity (Wildman–Crippen MR) is 113 cm³/mol. The molecule has 3 aromatic rings. The number of aromatic amines is 1. The molecule has 1 atom stereocenters. The van der Waals surface area contributed by atoms with Gasteiger partial charge >= 0.3 is 6.03 Å². The van der Waals surface area contributed by atoms with Crippen molar-refractivity contribution in [3.63, 3.8) is 0 Å². The van der Waals surface area contributed by atoms with Crippen LogP contribution in [0.15, 0.2) is 42.6 Å². The first-order valence-electron chi connectivity index (χ1n) is 10.0. The van der Waals surface area contributed by atoms with E-state index in [1.807, 2.05) is 0 Å². The summed E-state index contributed by atoms with van der Waals surface area (Å²) in [5.41, 5.74) is 11.1. The van der Waals surface area contributed by atoms with Gasteiger partial charge in [-0.3, -0.25) is 0 Å². The van der Waals surface area contributed by atoms with Crippen molar-refractivity contribution < 1.29 is 9.18 Å². The number of nitrogens with two attached hydrogens (primary N) is 1. The number of hydrogen-bond donors (Lipinski definition) is 3. The molecule has 2 aliphatic heterocycles. The van der Waals surface area contributed by atoms with Crippen LogP contribution in [0.25, 0.3) is 10.9 Å². The van der Waals surface area contributed by atoms with Crippen molar-refractivity contribution in [3.05, 3.63) is 59.5 Å². The van der Waals surface area contributed by atoms with Crippen molar-refractivity contribution in [2.45, 2.75) is 25.4 Å². The lowest BCUT2D eigenvalue weighted by atomic mass is 9.99. The molecule has 0 saturated carbocycles. The highest BCUT2D eigenvalue weighted by atomic mass is 19.1. The van der Waals surface area contributed by atoms with Gasteiger partial charge in [-0.2, -0.15) is 0 Å². The number of benzene rings is 2. The zero-order chi connectivity index (χ0) is 20.0. The smallest absolute Gasteiger partial charge is 0.322 e. The van der Waals surface area contributed by atoms with E-state index in [4.69, 9.17) is 5.73 Å². The third-order valence-electron chi connectivity index (χ3n) is 5.96. The van der Waals surface area contributed by atoms with Crippen molar-refractivity contribution in [2.24, 2.45) is 5.73 Å². The van der Waals surface area contributed by atoms with Gasteiger partial charge in [0.2, 0.25) is 0 Å². The summed E-state index contributed by atoms with van der Waals surface area (Å²) in [6, 6.07) is 11.1. The maximum Gasteiger partial charge on any atom is 0.322 e. The highest BCUT2D eigenvalue weighted by Gasteiger charge is 2.24. The van der Waals surface area contributed by atoms with Crippen LogP contribution in [0, 0.1) is 5.82 Å². The number of aromatic nitrogens is 1. The Bertz CT molecular complexity index is 1080. The van der Waals surface area contributed by atoms with Gasteiger partial charge in [0, 0.05) is 55.0 Å². The Labute approximate surface area is 168 Å². The molecule has 6 nitrogen and oxygen atoms in total. The summed E-state index contributed by atoms with van der Waals surface area (Å²) in [4.78, 5) is 20.0. The van der Waals surface area contributed by atoms with E-state index in [9.17, 15) is 9.18 Å². The Balaban J connectivity index is 1.30. The molecule has 1 fully saturated rings. The van der Waals surface area contributed by atoms with Gasteiger partial charge in [0.05, 0.1) is 5.69 Å². The third kappa shape index (κ3) is 3.42. The molecule has 0 bridgehead atoms. The van der Waals surface area contributed by atoms with Crippen LogP contribution in [-0.2, 0) is 13.0 Å². The summed E-state index contributed by atoms with van der Waals surface area (Å²) in [5, 5.41) is 3.59. The van der Waals surface area contributed by atoms with Gasteiger partial charge in [-0.1, -0.05) is 6.07 Å². The van der Waals surface area contributed by atoms with Crippen LogP contribution in [0.2, 0.25) is 0 Å². The molecule has 29 heavy (non-hydrogen) atoms. The first-order valence-corrected chi connectivity index (χ1v) is 10.0. The second-order valence-electron chi connectivity index (χ2n) is 7.94. The largest absolute Gasteiger partial charge is 0.370 e. The molecular weight excluding hydrogens is 369 g/mol. The molecule has 1 aromatic heterocycles. The number of nitrogens with one attached hydrogen (secondary N) is 2. The molecule has 3 heterocycles. The Morgan fingerprint density at radius 1 is 1.17 bits per heavy atom. The molecule has 4 N–H and O–H groups in total. The first kappa shape index (κ1) is 18.0. The number of carbonyl (C=O) groups is 1. The Kier molecular flexibility index (Phi) is 4.39. The number of amides is 2. The molecular formula is C22H24FN5O. The Morgan fingerprint density at radius 3 is 2.90 bits per heavy atom. The number of rotatable bonds is 2. The highest BCUT2D eigenvalue weighted by Crippen LogP contribution is 2.28. The highest BCUT2D eigenvalue weighted by molar-refractivity contribution is 6.01. The minimum Gasteiger partial charge on any atom is -0.370 e. The van der Waals surface area contributed by atoms with Crippen LogP contribution in [0.3, 0.4) is 0 Å². The average molecular weight is 393 g/mol. The quantitative estimate of drug-likeness (QED) is 0.624. The van der Waals surface area contributed by atoms with E-state index >= 15 is 0 Å². The van der Waals surface area contributed by atoms with E-state index in [1.165, 1.54) is 28.9 Å². The summed E-state index contributed by atoms with van der Waals surface area (Å²) in [5.74, 6) is -0.325. The van der Waals surface area contributed by atoms with E-state index in [-0.39, 0.29) is 17.9 Å². The number of fused-ring (bicyclic) bond motifs is 2. The molecule has 2 aliphatic rings. The number of urea groups is 1. The van der Waals surface area contributed by atoms with Crippen LogP contribution in [-0.4, -0.2) is 41.6 Å². The topological polar surface area (TPSA) is 77.4 Å². The fourth-order valence-corrected chi connectivity index (χ4v) is 4.32. The first-order chi connectivity index (χ1) is 14.1. The molecule has 1 saturated heterocycles. The molecule has 1 unspecified atom stereocenters. The summed E-state index contributed by atoms with van der Waals surface area (Å²) in [7, 11) is 0. The molecule has 5 rings (SSSR count). The van der Waals surface area contributed by atoms with Crippen LogP contribution in [0.1, 0.15) is 17.5 Å². The number of nitrogens with zero attached hydrogens (tertiary/aromatic N) is 2. The predicted octanol–water partition coefficient (Wildman–Crippen LogP) is 3.43. The zero-order valence-electron chi connectivity index (χ0n) is 16.1. The number of hydrogen-bond acceptors (Lipinski definition) is 3. The number of H-pyrrole nitrogens is 1. The maximum absolute atomic E-state index is 13.6. The van der Waals surface area contributed by atoms with Gasteiger partial charge in [0.25, 0.3) is 0 Å². The minimum atomic E-state index is -0.325. The molecule has 2 aromatic carbocycles. The van der Waals surface area contributed by atoms with Gasteiger partial charge < -0.3 is 25.8 Å². The average Bonchev–Trinajstić information content (AvgIpc) is 3.33. The second-order valence-corrected chi connectivity index (χ2v) is 7.94. The van der Waals surface area contributed by atoms with E-state index in [0.717, 1.165) is 31.4 Å². The lowest BCUT2D eigenvalue weighted by Gasteiger charge is -2.30. The van der Waals surface area contributed by atoms with Crippen molar-refractivity contribution in [1.29, 1.82) is 0 Å². The van der Waals surface area contributed by atoms with Gasteiger partial charge in [0.1, 0.15) is 5.82 Å². The summed E-state index contributed by atoms with van der Waals surface area (Å²) < 4.78 is 13.6. The molecule has 0 radical (unpaired) electrons. The van der Waals surface area contributed by atoms with Crippen LogP contribution in [0.4, 0.5) is 20.6 Å². The van der Waals surface area contributed by atoms with Crippen LogP contribution < -0.4 is 16.0 Å². The number of halogens is 1. The summed E-state index contributed by atoms with van der Waals surface area (Å²) >= 11 is 0. The van der Waals surface area contributed by atoms with E-state index in [0.29, 0.717) is 24.2 Å². The molecule has 2 amide bonds. The number of carbonyl (C=O) groups excluding carboxylic acids is 1. The van der Waals surface area contributed by atoms with Crippen molar-refractivity contribution in [3.8, 4) is 0 Å². The molecule has 150 valence electrons. The van der Waals surface area contributed by atoms with Crippen LogP contribution >= 0.6 is 0 Å². The van der Waals surface area contributed by atoms with Gasteiger partial charge in [0.15, 0.2) is 0 Å². The van der Waals surface area contributed by atoms with Crippen molar-refractivity contribution in [2.75, 3.05) is 29.9 Å². The van der Waals surface area contributed by atoms with Gasteiger partial charge in [-0.15, -0.1) is 0 Å².